The Labute approximate surface area is 143 Å². The number of esters is 1. The van der Waals surface area contributed by atoms with Gasteiger partial charge in [0.2, 0.25) is 0 Å². The summed E-state index contributed by atoms with van der Waals surface area (Å²) >= 11 is 0. The summed E-state index contributed by atoms with van der Waals surface area (Å²) in [6.07, 6.45) is 2.68. The van der Waals surface area contributed by atoms with Gasteiger partial charge in [-0.15, -0.1) is 0 Å². The molecule has 1 N–H and O–H groups in total. The van der Waals surface area contributed by atoms with Gasteiger partial charge in [0.25, 0.3) is 0 Å². The minimum Gasteiger partial charge on any atom is -0.516 e. The normalized spacial score (nSPS) is 10.1. The van der Waals surface area contributed by atoms with Crippen molar-refractivity contribution in [3.8, 4) is 0 Å². The number of ether oxygens (including phenoxy) is 1. The molecule has 0 aromatic heterocycles. The molecule has 0 saturated carbocycles. The Morgan fingerprint density at radius 2 is 1.62 bits per heavy atom. The van der Waals surface area contributed by atoms with Crippen LogP contribution >= 0.6 is 0 Å². The van der Waals surface area contributed by atoms with Gasteiger partial charge in [-0.2, -0.15) is 0 Å². The van der Waals surface area contributed by atoms with E-state index in [1.165, 1.54) is 0 Å². The van der Waals surface area contributed by atoms with Crippen molar-refractivity contribution in [1.29, 1.82) is 0 Å². The predicted molar refractivity (Wildman–Crippen MR) is 98.3 cm³/mol. The highest BCUT2D eigenvalue weighted by Gasteiger charge is 2.11. The van der Waals surface area contributed by atoms with Gasteiger partial charge in [-0.25, -0.2) is 4.79 Å². The number of carbonyl (C=O) groups excluding carboxylic acids is 1. The molecule has 0 atom stereocenters. The van der Waals surface area contributed by atoms with Gasteiger partial charge in [0.15, 0.2) is 0 Å². The van der Waals surface area contributed by atoms with Crippen LogP contribution < -0.4 is 0 Å². The third-order valence-corrected chi connectivity index (χ3v) is 3.24. The van der Waals surface area contributed by atoms with E-state index in [9.17, 15) is 4.79 Å². The molecule has 0 aliphatic carbocycles. The maximum atomic E-state index is 11.4. The summed E-state index contributed by atoms with van der Waals surface area (Å²) < 4.78 is 5.11. The van der Waals surface area contributed by atoms with Crippen LogP contribution in [0.1, 0.15) is 25.0 Å². The molecule has 126 valence electrons. The van der Waals surface area contributed by atoms with Gasteiger partial charge in [-0.1, -0.05) is 81.1 Å². The molecule has 2 aromatic carbocycles. The van der Waals surface area contributed by atoms with E-state index in [-0.39, 0.29) is 11.9 Å². The lowest BCUT2D eigenvalue weighted by molar-refractivity contribution is -0.140. The molecule has 24 heavy (non-hydrogen) atoms. The Morgan fingerprint density at radius 1 is 1.08 bits per heavy atom. The lowest BCUT2D eigenvalue weighted by Crippen LogP contribution is -2.11. The first-order valence-electron chi connectivity index (χ1n) is 7.80. The van der Waals surface area contributed by atoms with E-state index in [0.717, 1.165) is 17.4 Å². The van der Waals surface area contributed by atoms with Crippen molar-refractivity contribution in [2.75, 3.05) is 0 Å². The van der Waals surface area contributed by atoms with Crippen LogP contribution in [0.5, 0.6) is 0 Å². The molecule has 2 aromatic rings. The summed E-state index contributed by atoms with van der Waals surface area (Å²) in [5.74, 6) is -0.179. The molecule has 0 radical (unpaired) electrons. The lowest BCUT2D eigenvalue weighted by Gasteiger charge is -2.09. The summed E-state index contributed by atoms with van der Waals surface area (Å²) in [5, 5.41) is 8.34. The quantitative estimate of drug-likeness (QED) is 0.469. The van der Waals surface area contributed by atoms with Crippen LogP contribution in [0, 0.1) is 5.92 Å². The molecule has 0 aliphatic heterocycles. The van der Waals surface area contributed by atoms with Gasteiger partial charge in [-0.3, -0.25) is 0 Å². The summed E-state index contributed by atoms with van der Waals surface area (Å²) in [6, 6.07) is 19.2. The lowest BCUT2D eigenvalue weighted by atomic mass is 10.1. The number of hydrogen-bond donors (Lipinski definition) is 1. The molecular weight excluding hydrogens is 300 g/mol. The second-order valence-electron chi connectivity index (χ2n) is 5.47. The smallest absolute Gasteiger partial charge is 0.333 e. The van der Waals surface area contributed by atoms with Gasteiger partial charge in [0.1, 0.15) is 6.61 Å². The predicted octanol–water partition coefficient (Wildman–Crippen LogP) is 5.16. The third kappa shape index (κ3) is 7.45. The molecule has 0 fully saturated rings. The van der Waals surface area contributed by atoms with E-state index in [1.54, 1.807) is 6.08 Å². The van der Waals surface area contributed by atoms with E-state index in [1.807, 2.05) is 74.5 Å². The minimum atomic E-state index is -0.311. The fourth-order valence-electron chi connectivity index (χ4n) is 1.70. The van der Waals surface area contributed by atoms with Crippen molar-refractivity contribution in [3.63, 3.8) is 0 Å². The van der Waals surface area contributed by atoms with Crippen LogP contribution in [0.2, 0.25) is 0 Å². The largest absolute Gasteiger partial charge is 0.516 e. The first-order chi connectivity index (χ1) is 11.5. The van der Waals surface area contributed by atoms with Crippen LogP contribution in [-0.4, -0.2) is 11.1 Å². The molecule has 0 saturated heterocycles. The van der Waals surface area contributed by atoms with Gasteiger partial charge >= 0.3 is 5.97 Å². The molecule has 2 rings (SSSR count). The van der Waals surface area contributed by atoms with E-state index in [0.29, 0.717) is 12.2 Å². The number of rotatable bonds is 5. The number of benzene rings is 2. The molecule has 3 heteroatoms. The van der Waals surface area contributed by atoms with Crippen molar-refractivity contribution < 1.29 is 14.6 Å². The zero-order valence-electron chi connectivity index (χ0n) is 14.2. The maximum Gasteiger partial charge on any atom is 0.333 e. The van der Waals surface area contributed by atoms with Crippen molar-refractivity contribution in [2.24, 2.45) is 5.92 Å². The SMILES string of the molecule is C=C(C(=O)OCc1ccccc1)C(C)C.OC=Cc1ccccc1. The molecule has 0 spiro atoms. The molecule has 0 unspecified atom stereocenters. The fourth-order valence-corrected chi connectivity index (χ4v) is 1.70. The average molecular weight is 324 g/mol. The number of hydrogen-bond acceptors (Lipinski definition) is 3. The first-order valence-corrected chi connectivity index (χ1v) is 7.80. The molecule has 3 nitrogen and oxygen atoms in total. The summed E-state index contributed by atoms with van der Waals surface area (Å²) in [4.78, 5) is 11.4. The zero-order valence-corrected chi connectivity index (χ0v) is 14.2. The Balaban J connectivity index is 0.000000272. The van der Waals surface area contributed by atoms with Crippen molar-refractivity contribution in [2.45, 2.75) is 20.5 Å². The van der Waals surface area contributed by atoms with Crippen LogP contribution in [-0.2, 0) is 16.1 Å². The van der Waals surface area contributed by atoms with E-state index in [2.05, 4.69) is 6.58 Å². The van der Waals surface area contributed by atoms with Gasteiger partial charge in [0.05, 0.1) is 6.26 Å². The first kappa shape index (κ1) is 19.2. The fraction of sp³-hybridized carbons (Fsp3) is 0.190. The Hall–Kier alpha value is -2.81. The maximum absolute atomic E-state index is 11.4. The van der Waals surface area contributed by atoms with Gasteiger partial charge in [-0.05, 0) is 23.1 Å². The molecule has 0 aliphatic rings. The van der Waals surface area contributed by atoms with E-state index >= 15 is 0 Å². The highest BCUT2D eigenvalue weighted by atomic mass is 16.5. The molecular formula is C21H24O3. The molecule has 0 heterocycles. The second-order valence-corrected chi connectivity index (χ2v) is 5.47. The molecule has 0 amide bonds. The van der Waals surface area contributed by atoms with E-state index < -0.39 is 0 Å². The average Bonchev–Trinajstić information content (AvgIpc) is 2.61. The second kappa shape index (κ2) is 10.8. The van der Waals surface area contributed by atoms with Gasteiger partial charge < -0.3 is 9.84 Å². The van der Waals surface area contributed by atoms with Crippen molar-refractivity contribution in [3.05, 3.63) is 90.2 Å². The zero-order chi connectivity index (χ0) is 17.8. The number of aliphatic hydroxyl groups excluding tert-OH is 1. The highest BCUT2D eigenvalue weighted by Crippen LogP contribution is 2.10. The van der Waals surface area contributed by atoms with Crippen LogP contribution in [0.4, 0.5) is 0 Å². The van der Waals surface area contributed by atoms with Gasteiger partial charge in [0, 0.05) is 5.57 Å². The number of aliphatic hydroxyl groups is 1. The topological polar surface area (TPSA) is 46.5 Å². The van der Waals surface area contributed by atoms with Crippen LogP contribution in [0.25, 0.3) is 6.08 Å². The molecule has 0 bridgehead atoms. The standard InChI is InChI=1S/C13H16O2.C8H8O/c1-10(2)11(3)13(14)15-9-12-7-5-4-6-8-12;9-7-6-8-4-2-1-3-5-8/h4-8,10H,3,9H2,1-2H3;1-7,9H. The highest BCUT2D eigenvalue weighted by molar-refractivity contribution is 5.88. The monoisotopic (exact) mass is 324 g/mol. The minimum absolute atomic E-state index is 0.133. The Bertz CT molecular complexity index is 643. The summed E-state index contributed by atoms with van der Waals surface area (Å²) in [6.45, 7) is 7.85. The van der Waals surface area contributed by atoms with E-state index in [4.69, 9.17) is 9.84 Å². The summed E-state index contributed by atoms with van der Waals surface area (Å²) in [5.41, 5.74) is 2.52. The van der Waals surface area contributed by atoms with Crippen LogP contribution in [0.15, 0.2) is 79.1 Å². The van der Waals surface area contributed by atoms with Crippen molar-refractivity contribution >= 4 is 12.0 Å². The Kier molecular flexibility index (Phi) is 8.69. The van der Waals surface area contributed by atoms with Crippen LogP contribution in [0.3, 0.4) is 0 Å². The number of carbonyl (C=O) groups is 1. The van der Waals surface area contributed by atoms with Crippen molar-refractivity contribution in [1.82, 2.24) is 0 Å². The Morgan fingerprint density at radius 3 is 2.12 bits per heavy atom. The third-order valence-electron chi connectivity index (χ3n) is 3.24. The summed E-state index contributed by atoms with van der Waals surface area (Å²) in [7, 11) is 0.